The van der Waals surface area contributed by atoms with Crippen molar-refractivity contribution >= 4 is 17.8 Å². The van der Waals surface area contributed by atoms with Crippen LogP contribution in [0.3, 0.4) is 0 Å². The van der Waals surface area contributed by atoms with Crippen molar-refractivity contribution in [3.63, 3.8) is 0 Å². The van der Waals surface area contributed by atoms with E-state index in [0.29, 0.717) is 31.4 Å². The topological polar surface area (TPSA) is 82.1 Å². The molecular weight excluding hydrogens is 539 g/mol. The first-order valence-corrected chi connectivity index (χ1v) is 14.5. The van der Waals surface area contributed by atoms with Crippen LogP contribution in [0.1, 0.15) is 84.6 Å². The van der Waals surface area contributed by atoms with E-state index >= 15 is 0 Å². The fourth-order valence-electron chi connectivity index (χ4n) is 5.27. The molecule has 0 N–H and O–H groups in total. The third kappa shape index (κ3) is 8.33. The maximum atomic E-state index is 14.6. The van der Waals surface area contributed by atoms with Gasteiger partial charge < -0.3 is 19.1 Å². The van der Waals surface area contributed by atoms with Crippen LogP contribution in [0.15, 0.2) is 42.0 Å². The van der Waals surface area contributed by atoms with Gasteiger partial charge in [-0.25, -0.2) is 9.59 Å². The molecule has 1 fully saturated rings. The molecule has 1 aliphatic heterocycles. The van der Waals surface area contributed by atoms with Gasteiger partial charge in [-0.3, -0.25) is 4.79 Å². The molecule has 1 aliphatic rings. The fraction of sp³-hybridized carbons (Fsp3) is 0.645. The van der Waals surface area contributed by atoms with Crippen LogP contribution in [0.2, 0.25) is 0 Å². The number of alkyl halides is 3. The van der Waals surface area contributed by atoms with Gasteiger partial charge in [-0.1, -0.05) is 69.0 Å². The second kappa shape index (κ2) is 15.9. The minimum atomic E-state index is -5.15. The SMILES string of the molecule is CCCCCCC/C=C(\C)[C@@H](OC(=O)[C@@](OC)(c1ccccc1)C(F)(F)F)[C@@H](C)C(=O)N1CCC[C@H]1C(=O)OCC. The van der Waals surface area contributed by atoms with E-state index in [1.807, 2.05) is 6.08 Å². The number of amides is 1. The smallest absolute Gasteiger partial charge is 0.432 e. The summed E-state index contributed by atoms with van der Waals surface area (Å²) in [6.07, 6.45) is 2.08. The summed E-state index contributed by atoms with van der Waals surface area (Å²) in [5.74, 6) is -3.76. The van der Waals surface area contributed by atoms with Gasteiger partial charge in [-0.05, 0) is 52.0 Å². The number of carbonyl (C=O) groups is 3. The summed E-state index contributed by atoms with van der Waals surface area (Å²) in [7, 11) is 0.804. The van der Waals surface area contributed by atoms with E-state index in [-0.39, 0.29) is 6.61 Å². The number of hydrogen-bond acceptors (Lipinski definition) is 6. The monoisotopic (exact) mass is 583 g/mol. The highest BCUT2D eigenvalue weighted by molar-refractivity contribution is 5.88. The molecule has 1 saturated heterocycles. The van der Waals surface area contributed by atoms with Crippen LogP contribution >= 0.6 is 0 Å². The van der Waals surface area contributed by atoms with E-state index in [9.17, 15) is 27.6 Å². The van der Waals surface area contributed by atoms with E-state index in [2.05, 4.69) is 6.92 Å². The second-order valence-electron chi connectivity index (χ2n) is 10.5. The third-order valence-corrected chi connectivity index (χ3v) is 7.57. The molecule has 0 aromatic heterocycles. The van der Waals surface area contributed by atoms with Crippen LogP contribution in [-0.4, -0.2) is 61.3 Å². The standard InChI is InChI=1S/C31H44F3NO6/c1-6-8-9-10-11-13-17-22(3)26(23(4)27(36)35-21-16-20-25(35)28(37)40-7-2)41-29(38)30(39-5,31(32,33)34)24-18-14-12-15-19-24/h12,14-15,17-19,23,25-26H,6-11,13,16,20-21H2,1-5H3/b22-17+/t23-,25+,26-,30+/m1/s1. The van der Waals surface area contributed by atoms with E-state index in [1.165, 1.54) is 30.0 Å². The molecule has 0 unspecified atom stereocenters. The Balaban J connectivity index is 2.43. The molecule has 0 radical (unpaired) electrons. The zero-order valence-corrected chi connectivity index (χ0v) is 24.8. The summed E-state index contributed by atoms with van der Waals surface area (Å²) in [4.78, 5) is 41.1. The Morgan fingerprint density at radius 1 is 1.07 bits per heavy atom. The quantitative estimate of drug-likeness (QED) is 0.133. The van der Waals surface area contributed by atoms with Crippen LogP contribution in [0.25, 0.3) is 0 Å². The van der Waals surface area contributed by atoms with Crippen molar-refractivity contribution in [2.45, 2.75) is 103 Å². The zero-order chi connectivity index (χ0) is 30.6. The molecule has 0 saturated carbocycles. The maximum absolute atomic E-state index is 14.6. The summed E-state index contributed by atoms with van der Waals surface area (Å²) in [6.45, 7) is 7.38. The van der Waals surface area contributed by atoms with Gasteiger partial charge in [0.15, 0.2) is 0 Å². The molecule has 41 heavy (non-hydrogen) atoms. The molecule has 0 aliphatic carbocycles. The summed E-state index contributed by atoms with van der Waals surface area (Å²) in [5.41, 5.74) is -3.37. The number of nitrogens with zero attached hydrogens (tertiary/aromatic N) is 1. The largest absolute Gasteiger partial charge is 0.464 e. The minimum absolute atomic E-state index is 0.156. The Morgan fingerprint density at radius 3 is 2.32 bits per heavy atom. The number of carbonyl (C=O) groups excluding carboxylic acids is 3. The summed E-state index contributed by atoms with van der Waals surface area (Å²) in [5, 5.41) is 0. The average molecular weight is 584 g/mol. The van der Waals surface area contributed by atoms with Gasteiger partial charge >= 0.3 is 18.1 Å². The molecule has 0 bridgehead atoms. The molecule has 10 heteroatoms. The number of allylic oxidation sites excluding steroid dienone is 1. The molecule has 4 atom stereocenters. The highest BCUT2D eigenvalue weighted by Crippen LogP contribution is 2.43. The molecule has 1 amide bonds. The highest BCUT2D eigenvalue weighted by atomic mass is 19.4. The van der Waals surface area contributed by atoms with Crippen molar-refractivity contribution in [1.82, 2.24) is 4.90 Å². The van der Waals surface area contributed by atoms with Crippen molar-refractivity contribution < 1.29 is 41.8 Å². The second-order valence-corrected chi connectivity index (χ2v) is 10.5. The van der Waals surface area contributed by atoms with Crippen molar-refractivity contribution in [2.24, 2.45) is 5.92 Å². The summed E-state index contributed by atoms with van der Waals surface area (Å²) in [6, 6.07) is 5.78. The van der Waals surface area contributed by atoms with Crippen LogP contribution in [0, 0.1) is 5.92 Å². The van der Waals surface area contributed by atoms with Gasteiger partial charge in [-0.15, -0.1) is 0 Å². The Morgan fingerprint density at radius 2 is 1.73 bits per heavy atom. The Bertz CT molecular complexity index is 1030. The molecule has 1 aromatic carbocycles. The Kier molecular flexibility index (Phi) is 13.3. The van der Waals surface area contributed by atoms with E-state index in [4.69, 9.17) is 14.2 Å². The first kappa shape index (κ1) is 34.3. The zero-order valence-electron chi connectivity index (χ0n) is 24.8. The van der Waals surface area contributed by atoms with Crippen molar-refractivity contribution in [1.29, 1.82) is 0 Å². The first-order chi connectivity index (χ1) is 19.5. The minimum Gasteiger partial charge on any atom is -0.464 e. The van der Waals surface area contributed by atoms with E-state index in [0.717, 1.165) is 51.3 Å². The third-order valence-electron chi connectivity index (χ3n) is 7.57. The Labute approximate surface area is 241 Å². The van der Waals surface area contributed by atoms with Gasteiger partial charge in [0, 0.05) is 19.2 Å². The lowest BCUT2D eigenvalue weighted by molar-refractivity contribution is -0.278. The summed E-state index contributed by atoms with van der Waals surface area (Å²) >= 11 is 0. The first-order valence-electron chi connectivity index (χ1n) is 14.5. The molecule has 230 valence electrons. The number of unbranched alkanes of at least 4 members (excludes halogenated alkanes) is 5. The van der Waals surface area contributed by atoms with Crippen molar-refractivity contribution in [3.05, 3.63) is 47.5 Å². The molecule has 1 heterocycles. The van der Waals surface area contributed by atoms with Crippen LogP contribution < -0.4 is 0 Å². The van der Waals surface area contributed by atoms with Crippen LogP contribution in [-0.2, 0) is 34.2 Å². The van der Waals surface area contributed by atoms with Crippen LogP contribution in [0.4, 0.5) is 13.2 Å². The van der Waals surface area contributed by atoms with Gasteiger partial charge in [0.05, 0.1) is 12.5 Å². The van der Waals surface area contributed by atoms with Crippen molar-refractivity contribution in [2.75, 3.05) is 20.3 Å². The van der Waals surface area contributed by atoms with Gasteiger partial charge in [0.25, 0.3) is 5.60 Å². The number of hydrogen-bond donors (Lipinski definition) is 0. The number of halogens is 3. The fourth-order valence-corrected chi connectivity index (χ4v) is 5.27. The number of ether oxygens (including phenoxy) is 3. The molecule has 0 spiro atoms. The number of benzene rings is 1. The summed E-state index contributed by atoms with van der Waals surface area (Å²) < 4.78 is 59.3. The van der Waals surface area contributed by atoms with Crippen LogP contribution in [0.5, 0.6) is 0 Å². The molecule has 7 nitrogen and oxygen atoms in total. The number of esters is 2. The van der Waals surface area contributed by atoms with Crippen molar-refractivity contribution in [3.8, 4) is 0 Å². The number of rotatable bonds is 15. The lowest BCUT2D eigenvalue weighted by Crippen LogP contribution is -2.54. The van der Waals surface area contributed by atoms with Gasteiger partial charge in [-0.2, -0.15) is 13.2 Å². The number of methoxy groups -OCH3 is 1. The average Bonchev–Trinajstić information content (AvgIpc) is 3.43. The Hall–Kier alpha value is -2.88. The van der Waals surface area contributed by atoms with Gasteiger partial charge in [0.1, 0.15) is 12.1 Å². The highest BCUT2D eigenvalue weighted by Gasteiger charge is 2.64. The predicted octanol–water partition coefficient (Wildman–Crippen LogP) is 6.50. The maximum Gasteiger partial charge on any atom is 0.432 e. The normalized spacial score (nSPS) is 18.9. The predicted molar refractivity (Wildman–Crippen MR) is 149 cm³/mol. The molecule has 2 rings (SSSR count). The van der Waals surface area contributed by atoms with Gasteiger partial charge in [0.2, 0.25) is 5.91 Å². The molecular formula is C31H44F3NO6. The molecule has 1 aromatic rings. The lowest BCUT2D eigenvalue weighted by atomic mass is 9.91. The van der Waals surface area contributed by atoms with E-state index < -0.39 is 53.3 Å². The lowest BCUT2D eigenvalue weighted by Gasteiger charge is -2.36. The number of likely N-dealkylation sites (tertiary alicyclic amines) is 1. The van der Waals surface area contributed by atoms with E-state index in [1.54, 1.807) is 13.8 Å².